The number of hydrogen-bond donors (Lipinski definition) is 2. The van der Waals surface area contributed by atoms with E-state index in [0.717, 1.165) is 11.6 Å². The van der Waals surface area contributed by atoms with Gasteiger partial charge in [0.1, 0.15) is 17.3 Å². The largest absolute Gasteiger partial charge is 0.481 e. The molecule has 2 aliphatic heterocycles. The average molecular weight is 867 g/mol. The quantitative estimate of drug-likeness (QED) is 0.134. The van der Waals surface area contributed by atoms with Crippen molar-refractivity contribution in [3.05, 3.63) is 81.5 Å². The summed E-state index contributed by atoms with van der Waals surface area (Å²) >= 11 is 7.14. The molecular formula is C44H50ClF3N6O7. The lowest BCUT2D eigenvalue weighted by Crippen LogP contribution is -2.45. The first-order valence-corrected chi connectivity index (χ1v) is 20.7. The number of amides is 2. The Morgan fingerprint density at radius 2 is 1.70 bits per heavy atom. The Bertz CT molecular complexity index is 2250. The number of ether oxygens (including phenoxy) is 5. The van der Waals surface area contributed by atoms with Crippen LogP contribution in [0.4, 0.5) is 18.0 Å². The number of hydrogen-bond acceptors (Lipinski definition) is 11. The van der Waals surface area contributed by atoms with Crippen LogP contribution in [0.1, 0.15) is 86.8 Å². The Balaban J connectivity index is 1.13. The molecule has 2 saturated heterocycles. The van der Waals surface area contributed by atoms with Crippen molar-refractivity contribution >= 4 is 23.6 Å². The Labute approximate surface area is 357 Å². The maximum Gasteiger partial charge on any atom is 0.421 e. The lowest BCUT2D eigenvalue weighted by atomic mass is 9.98. The lowest BCUT2D eigenvalue weighted by molar-refractivity contribution is -0.139. The zero-order chi connectivity index (χ0) is 43.5. The summed E-state index contributed by atoms with van der Waals surface area (Å²) in [5, 5.41) is 6.27. The van der Waals surface area contributed by atoms with E-state index in [1.807, 2.05) is 45.0 Å². The maximum absolute atomic E-state index is 14.6. The summed E-state index contributed by atoms with van der Waals surface area (Å²) in [6.07, 6.45) is -1.02. The highest BCUT2D eigenvalue weighted by atomic mass is 35.5. The predicted octanol–water partition coefficient (Wildman–Crippen LogP) is 8.25. The van der Waals surface area contributed by atoms with Crippen LogP contribution in [0, 0.1) is 0 Å². The van der Waals surface area contributed by atoms with E-state index in [0.29, 0.717) is 103 Å². The third kappa shape index (κ3) is 10.1. The van der Waals surface area contributed by atoms with Gasteiger partial charge in [-0.3, -0.25) is 9.78 Å². The van der Waals surface area contributed by atoms with Gasteiger partial charge in [0.2, 0.25) is 23.5 Å². The number of fused-ring (bicyclic) bond motifs is 1. The van der Waals surface area contributed by atoms with Gasteiger partial charge < -0.3 is 39.2 Å². The Morgan fingerprint density at radius 3 is 2.39 bits per heavy atom. The molecule has 7 rings (SSSR count). The number of pyridine rings is 3. The number of nitrogens with zero attached hydrogens (tertiary/aromatic N) is 4. The van der Waals surface area contributed by atoms with Gasteiger partial charge in [-0.05, 0) is 88.3 Å². The van der Waals surface area contributed by atoms with Gasteiger partial charge in [-0.2, -0.15) is 18.2 Å². The highest BCUT2D eigenvalue weighted by Gasteiger charge is 2.39. The van der Waals surface area contributed by atoms with Gasteiger partial charge in [0, 0.05) is 73.3 Å². The van der Waals surface area contributed by atoms with Crippen molar-refractivity contribution in [3.8, 4) is 40.2 Å². The van der Waals surface area contributed by atoms with Crippen LogP contribution in [0.2, 0.25) is 5.02 Å². The van der Waals surface area contributed by atoms with Crippen LogP contribution in [0.15, 0.2) is 48.7 Å². The third-order valence-corrected chi connectivity index (χ3v) is 11.3. The molecule has 0 radical (unpaired) electrons. The zero-order valence-electron chi connectivity index (χ0n) is 34.8. The number of halogens is 4. The summed E-state index contributed by atoms with van der Waals surface area (Å²) in [5.74, 6) is -0.306. The molecule has 0 unspecified atom stereocenters. The first kappa shape index (κ1) is 43.9. The molecule has 1 aliphatic carbocycles. The average Bonchev–Trinajstić information content (AvgIpc) is 3.84. The van der Waals surface area contributed by atoms with E-state index in [2.05, 4.69) is 20.6 Å². The fourth-order valence-corrected chi connectivity index (χ4v) is 8.32. The Morgan fingerprint density at radius 1 is 0.951 bits per heavy atom. The molecule has 326 valence electrons. The molecule has 61 heavy (non-hydrogen) atoms. The molecule has 2 atom stereocenters. The lowest BCUT2D eigenvalue weighted by Gasteiger charge is -2.35. The predicted molar refractivity (Wildman–Crippen MR) is 220 cm³/mol. The molecule has 3 aliphatic rings. The second-order valence-corrected chi connectivity index (χ2v) is 16.7. The van der Waals surface area contributed by atoms with Crippen LogP contribution in [-0.4, -0.2) is 83.5 Å². The number of nitrogens with one attached hydrogen (secondary N) is 2. The molecule has 3 aromatic heterocycles. The van der Waals surface area contributed by atoms with Crippen LogP contribution >= 0.6 is 11.6 Å². The van der Waals surface area contributed by atoms with Crippen LogP contribution in [0.3, 0.4) is 0 Å². The van der Waals surface area contributed by atoms with Gasteiger partial charge in [0.25, 0.3) is 0 Å². The summed E-state index contributed by atoms with van der Waals surface area (Å²) in [4.78, 5) is 40.4. The third-order valence-electron chi connectivity index (χ3n) is 10.9. The van der Waals surface area contributed by atoms with Crippen molar-refractivity contribution < 1.29 is 46.4 Å². The number of rotatable bonds is 13. The van der Waals surface area contributed by atoms with Gasteiger partial charge in [0.05, 0.1) is 37.2 Å². The van der Waals surface area contributed by atoms with E-state index in [1.165, 1.54) is 14.2 Å². The second-order valence-electron chi connectivity index (χ2n) is 16.3. The number of aromatic nitrogens is 3. The molecule has 0 saturated carbocycles. The number of carbonyl (C=O) groups excluding carboxylic acids is 2. The van der Waals surface area contributed by atoms with E-state index >= 15 is 0 Å². The van der Waals surface area contributed by atoms with Crippen molar-refractivity contribution in [1.82, 2.24) is 30.5 Å². The highest BCUT2D eigenvalue weighted by Crippen LogP contribution is 2.45. The molecular weight excluding hydrogens is 817 g/mol. The second kappa shape index (κ2) is 18.4. The SMILES string of the molecule is COc1nc(-c2ccnc(-c3cccc4c3CC[C@@H]4Oc3nc(OC)c(CNC[C@@H]4CCC(=O)N4)cc3C(F)(F)F)c2Cl)ccc1CN(C(=O)OC(C)(C)C)C1CCOCC1. The fraction of sp³-hybridized carbons (Fsp3) is 0.477. The van der Waals surface area contributed by atoms with Gasteiger partial charge in [-0.15, -0.1) is 0 Å². The van der Waals surface area contributed by atoms with Gasteiger partial charge in [0.15, 0.2) is 0 Å². The number of methoxy groups -OCH3 is 2. The zero-order valence-corrected chi connectivity index (χ0v) is 35.5. The first-order chi connectivity index (χ1) is 29.1. The highest BCUT2D eigenvalue weighted by molar-refractivity contribution is 6.35. The smallest absolute Gasteiger partial charge is 0.421 e. The molecule has 2 amide bonds. The van der Waals surface area contributed by atoms with Crippen molar-refractivity contribution in [3.63, 3.8) is 0 Å². The van der Waals surface area contributed by atoms with Crippen LogP contribution < -0.4 is 24.8 Å². The molecule has 1 aromatic carbocycles. The van der Waals surface area contributed by atoms with E-state index in [1.54, 1.807) is 23.2 Å². The van der Waals surface area contributed by atoms with Gasteiger partial charge in [-0.25, -0.2) is 9.78 Å². The normalized spacial score (nSPS) is 18.1. The van der Waals surface area contributed by atoms with Crippen molar-refractivity contribution in [2.75, 3.05) is 34.0 Å². The van der Waals surface area contributed by atoms with E-state index in [9.17, 15) is 22.8 Å². The molecule has 0 spiro atoms. The van der Waals surface area contributed by atoms with E-state index in [4.69, 9.17) is 40.3 Å². The number of carbonyl (C=O) groups is 2. The molecule has 13 nitrogen and oxygen atoms in total. The minimum absolute atomic E-state index is 0.00342. The summed E-state index contributed by atoms with van der Waals surface area (Å²) < 4.78 is 72.3. The molecule has 0 bridgehead atoms. The molecule has 17 heteroatoms. The maximum atomic E-state index is 14.6. The standard InChI is InChI=1S/C44H50ClF3N6O7/c1-43(2,3)61-42(56)54(28-16-19-59-20-17-28)24-25-9-12-34(52-39(25)57-4)32-15-18-50-38(37(32)45)31-8-6-7-30-29(31)11-13-35(30)60-41-33(44(46,47)48)21-26(40(53-41)58-5)22-49-23-27-10-14-36(55)51-27/h6-9,12,15,18,21,27-28,35,49H,10-11,13-14,16-17,19-20,22-24H2,1-5H3,(H,51,55)/t27-,35-/m0/s1. The summed E-state index contributed by atoms with van der Waals surface area (Å²) in [6, 6.07) is 11.7. The Kier molecular flexibility index (Phi) is 13.3. The summed E-state index contributed by atoms with van der Waals surface area (Å²) in [5.41, 5.74) is 3.02. The Hall–Kier alpha value is -5.19. The first-order valence-electron chi connectivity index (χ1n) is 20.3. The van der Waals surface area contributed by atoms with Crippen molar-refractivity contribution in [2.24, 2.45) is 0 Å². The monoisotopic (exact) mass is 866 g/mol. The van der Waals surface area contributed by atoms with Crippen LogP contribution in [0.25, 0.3) is 22.5 Å². The minimum Gasteiger partial charge on any atom is -0.481 e. The molecule has 2 N–H and O–H groups in total. The topological polar surface area (TPSA) is 146 Å². The van der Waals surface area contributed by atoms with E-state index in [-0.39, 0.29) is 42.5 Å². The van der Waals surface area contributed by atoms with E-state index < -0.39 is 35.4 Å². The van der Waals surface area contributed by atoms with Crippen molar-refractivity contribution in [2.45, 2.75) is 102 Å². The van der Waals surface area contributed by atoms with Crippen molar-refractivity contribution in [1.29, 1.82) is 0 Å². The summed E-state index contributed by atoms with van der Waals surface area (Å²) in [7, 11) is 2.86. The fourth-order valence-electron chi connectivity index (χ4n) is 8.01. The number of benzene rings is 1. The van der Waals surface area contributed by atoms with Crippen LogP contribution in [0.5, 0.6) is 17.6 Å². The summed E-state index contributed by atoms with van der Waals surface area (Å²) in [6.45, 7) is 7.23. The van der Waals surface area contributed by atoms with Gasteiger partial charge >= 0.3 is 12.3 Å². The molecule has 4 aromatic rings. The molecule has 5 heterocycles. The number of alkyl halides is 3. The van der Waals surface area contributed by atoms with Crippen LogP contribution in [-0.2, 0) is 40.0 Å². The molecule has 2 fully saturated rings. The van der Waals surface area contributed by atoms with Gasteiger partial charge in [-0.1, -0.05) is 29.8 Å². The minimum atomic E-state index is -4.76.